The van der Waals surface area contributed by atoms with Gasteiger partial charge in [0, 0.05) is 23.5 Å². The Labute approximate surface area is 149 Å². The Hall–Kier alpha value is -3.80. The average molecular weight is 345 g/mol. The standard InChI is InChI=1S/C20H15N3O3/c24-19(15-6-2-1-3-7-15)23-18(20(25)26)10-14-5-4-8-16(9-14)17-11-21-13-22-12-17/h1-13H,(H,23,24)(H,25,26)/b18-10-. The second-order valence-electron chi connectivity index (χ2n) is 5.44. The smallest absolute Gasteiger partial charge is 0.352 e. The lowest BCUT2D eigenvalue weighted by molar-refractivity contribution is -0.132. The molecule has 2 aromatic carbocycles. The number of aliphatic carboxylic acids is 1. The van der Waals surface area contributed by atoms with Crippen molar-refractivity contribution in [1.82, 2.24) is 15.3 Å². The summed E-state index contributed by atoms with van der Waals surface area (Å²) < 4.78 is 0. The molecule has 0 aliphatic carbocycles. The van der Waals surface area contributed by atoms with E-state index in [1.54, 1.807) is 60.9 Å². The quantitative estimate of drug-likeness (QED) is 0.694. The predicted molar refractivity (Wildman–Crippen MR) is 97.0 cm³/mol. The van der Waals surface area contributed by atoms with E-state index >= 15 is 0 Å². The van der Waals surface area contributed by atoms with E-state index in [-0.39, 0.29) is 5.70 Å². The van der Waals surface area contributed by atoms with Crippen LogP contribution in [0.2, 0.25) is 0 Å². The molecule has 0 atom stereocenters. The second-order valence-corrected chi connectivity index (χ2v) is 5.44. The van der Waals surface area contributed by atoms with Crippen molar-refractivity contribution in [3.63, 3.8) is 0 Å². The number of amides is 1. The van der Waals surface area contributed by atoms with Crippen LogP contribution in [0.3, 0.4) is 0 Å². The largest absolute Gasteiger partial charge is 0.477 e. The Kier molecular flexibility index (Phi) is 5.14. The van der Waals surface area contributed by atoms with Crippen molar-refractivity contribution in [1.29, 1.82) is 0 Å². The van der Waals surface area contributed by atoms with Crippen LogP contribution in [-0.2, 0) is 4.79 Å². The van der Waals surface area contributed by atoms with E-state index in [2.05, 4.69) is 15.3 Å². The molecule has 0 unspecified atom stereocenters. The van der Waals surface area contributed by atoms with E-state index in [9.17, 15) is 14.7 Å². The Morgan fingerprint density at radius 3 is 2.35 bits per heavy atom. The van der Waals surface area contributed by atoms with Gasteiger partial charge in [-0.25, -0.2) is 14.8 Å². The Morgan fingerprint density at radius 2 is 1.65 bits per heavy atom. The monoisotopic (exact) mass is 345 g/mol. The van der Waals surface area contributed by atoms with Gasteiger partial charge in [-0.1, -0.05) is 36.4 Å². The zero-order chi connectivity index (χ0) is 18.4. The van der Waals surface area contributed by atoms with Gasteiger partial charge in [-0.3, -0.25) is 4.79 Å². The van der Waals surface area contributed by atoms with Crippen LogP contribution in [0.15, 0.2) is 79.0 Å². The SMILES string of the molecule is O=C(O)/C(=C/c1cccc(-c2cncnc2)c1)NC(=O)c1ccccc1. The fourth-order valence-corrected chi connectivity index (χ4v) is 2.36. The molecule has 128 valence electrons. The fraction of sp³-hybridized carbons (Fsp3) is 0. The second kappa shape index (κ2) is 7.85. The van der Waals surface area contributed by atoms with E-state index in [0.29, 0.717) is 11.1 Å². The van der Waals surface area contributed by atoms with Crippen molar-refractivity contribution in [2.24, 2.45) is 0 Å². The lowest BCUT2D eigenvalue weighted by atomic mass is 10.1. The van der Waals surface area contributed by atoms with Gasteiger partial charge in [-0.05, 0) is 35.4 Å². The van der Waals surface area contributed by atoms with Crippen molar-refractivity contribution >= 4 is 18.0 Å². The molecule has 1 heterocycles. The minimum absolute atomic E-state index is 0.208. The number of nitrogens with one attached hydrogen (secondary N) is 1. The molecular weight excluding hydrogens is 330 g/mol. The number of carbonyl (C=O) groups excluding carboxylic acids is 1. The topological polar surface area (TPSA) is 92.2 Å². The number of hydrogen-bond donors (Lipinski definition) is 2. The van der Waals surface area contributed by atoms with Crippen molar-refractivity contribution in [2.75, 3.05) is 0 Å². The molecular formula is C20H15N3O3. The molecule has 3 aromatic rings. The first-order chi connectivity index (χ1) is 12.6. The van der Waals surface area contributed by atoms with Gasteiger partial charge in [0.2, 0.25) is 0 Å². The van der Waals surface area contributed by atoms with Crippen LogP contribution in [0, 0.1) is 0 Å². The highest BCUT2D eigenvalue weighted by molar-refractivity contribution is 6.02. The van der Waals surface area contributed by atoms with Crippen molar-refractivity contribution in [3.8, 4) is 11.1 Å². The molecule has 0 bridgehead atoms. The third-order valence-corrected chi connectivity index (χ3v) is 3.61. The minimum Gasteiger partial charge on any atom is -0.477 e. The van der Waals surface area contributed by atoms with E-state index < -0.39 is 11.9 Å². The lowest BCUT2D eigenvalue weighted by Crippen LogP contribution is -2.27. The lowest BCUT2D eigenvalue weighted by Gasteiger charge is -2.07. The molecule has 0 aliphatic heterocycles. The van der Waals surface area contributed by atoms with Gasteiger partial charge >= 0.3 is 5.97 Å². The first-order valence-electron chi connectivity index (χ1n) is 7.80. The van der Waals surface area contributed by atoms with Crippen LogP contribution >= 0.6 is 0 Å². The summed E-state index contributed by atoms with van der Waals surface area (Å²) in [7, 11) is 0. The number of carboxylic acids is 1. The molecule has 3 rings (SSSR count). The molecule has 0 aliphatic rings. The molecule has 26 heavy (non-hydrogen) atoms. The Balaban J connectivity index is 1.88. The first kappa shape index (κ1) is 17.0. The highest BCUT2D eigenvalue weighted by Gasteiger charge is 2.13. The molecule has 0 fully saturated rings. The van der Waals surface area contributed by atoms with Gasteiger partial charge in [0.25, 0.3) is 5.91 Å². The first-order valence-corrected chi connectivity index (χ1v) is 7.80. The van der Waals surface area contributed by atoms with Crippen LogP contribution in [0.5, 0.6) is 0 Å². The maximum atomic E-state index is 12.2. The van der Waals surface area contributed by atoms with E-state index in [1.165, 1.54) is 12.4 Å². The average Bonchev–Trinajstić information content (AvgIpc) is 2.69. The molecule has 6 heteroatoms. The van der Waals surface area contributed by atoms with E-state index in [1.807, 2.05) is 6.07 Å². The number of carbonyl (C=O) groups is 2. The van der Waals surface area contributed by atoms with Crippen molar-refractivity contribution in [3.05, 3.63) is 90.1 Å². The number of rotatable bonds is 5. The fourth-order valence-electron chi connectivity index (χ4n) is 2.36. The summed E-state index contributed by atoms with van der Waals surface area (Å²) in [6, 6.07) is 15.7. The Bertz CT molecular complexity index is 954. The highest BCUT2D eigenvalue weighted by Crippen LogP contribution is 2.19. The summed E-state index contributed by atoms with van der Waals surface area (Å²) in [5.41, 5.74) is 2.47. The molecule has 6 nitrogen and oxygen atoms in total. The number of carboxylic acid groups (broad SMARTS) is 1. The summed E-state index contributed by atoms with van der Waals surface area (Å²) in [6.07, 6.45) is 6.20. The summed E-state index contributed by atoms with van der Waals surface area (Å²) >= 11 is 0. The predicted octanol–water partition coefficient (Wildman–Crippen LogP) is 3.00. The zero-order valence-corrected chi connectivity index (χ0v) is 13.7. The van der Waals surface area contributed by atoms with Crippen LogP contribution in [-0.4, -0.2) is 27.0 Å². The highest BCUT2D eigenvalue weighted by atomic mass is 16.4. The maximum absolute atomic E-state index is 12.2. The molecule has 0 saturated carbocycles. The van der Waals surface area contributed by atoms with Gasteiger partial charge in [-0.15, -0.1) is 0 Å². The molecule has 0 radical (unpaired) electrons. The number of hydrogen-bond acceptors (Lipinski definition) is 4. The third kappa shape index (κ3) is 4.18. The summed E-state index contributed by atoms with van der Waals surface area (Å²) in [5.74, 6) is -1.70. The van der Waals surface area contributed by atoms with Crippen molar-refractivity contribution in [2.45, 2.75) is 0 Å². The normalized spacial score (nSPS) is 11.0. The maximum Gasteiger partial charge on any atom is 0.352 e. The summed E-state index contributed by atoms with van der Waals surface area (Å²) in [6.45, 7) is 0. The molecule has 1 amide bonds. The Morgan fingerprint density at radius 1 is 0.923 bits per heavy atom. The summed E-state index contributed by atoms with van der Waals surface area (Å²) in [4.78, 5) is 31.7. The van der Waals surface area contributed by atoms with E-state index in [0.717, 1.165) is 11.1 Å². The van der Waals surface area contributed by atoms with Crippen LogP contribution in [0.1, 0.15) is 15.9 Å². The van der Waals surface area contributed by atoms with Crippen LogP contribution in [0.25, 0.3) is 17.2 Å². The van der Waals surface area contributed by atoms with Crippen LogP contribution < -0.4 is 5.32 Å². The van der Waals surface area contributed by atoms with Gasteiger partial charge < -0.3 is 10.4 Å². The van der Waals surface area contributed by atoms with Gasteiger partial charge in [-0.2, -0.15) is 0 Å². The number of aromatic nitrogens is 2. The molecule has 2 N–H and O–H groups in total. The zero-order valence-electron chi connectivity index (χ0n) is 13.7. The molecule has 0 spiro atoms. The van der Waals surface area contributed by atoms with Gasteiger partial charge in [0.1, 0.15) is 12.0 Å². The minimum atomic E-state index is -1.22. The van der Waals surface area contributed by atoms with Crippen molar-refractivity contribution < 1.29 is 14.7 Å². The van der Waals surface area contributed by atoms with Gasteiger partial charge in [0.15, 0.2) is 0 Å². The van der Waals surface area contributed by atoms with Gasteiger partial charge in [0.05, 0.1) is 0 Å². The van der Waals surface area contributed by atoms with E-state index in [4.69, 9.17) is 0 Å². The number of nitrogens with zero attached hydrogens (tertiary/aromatic N) is 2. The molecule has 1 aromatic heterocycles. The number of benzene rings is 2. The summed E-state index contributed by atoms with van der Waals surface area (Å²) in [5, 5.41) is 11.9. The third-order valence-electron chi connectivity index (χ3n) is 3.61. The molecule has 0 saturated heterocycles. The van der Waals surface area contributed by atoms with Crippen LogP contribution in [0.4, 0.5) is 0 Å².